The van der Waals surface area contributed by atoms with Crippen molar-refractivity contribution in [3.05, 3.63) is 71.3 Å². The highest BCUT2D eigenvalue weighted by atomic mass is 16.5. The van der Waals surface area contributed by atoms with Gasteiger partial charge in [-0.3, -0.25) is 15.0 Å². The minimum atomic E-state index is -0.560. The molecular weight excluding hydrogens is 304 g/mol. The number of nitrogens with zero attached hydrogens (tertiary/aromatic N) is 1. The first-order chi connectivity index (χ1) is 11.8. The lowest BCUT2D eigenvalue weighted by atomic mass is 10.0. The Morgan fingerprint density at radius 3 is 2.79 bits per heavy atom. The minimum absolute atomic E-state index is 0.445. The highest BCUT2D eigenvalue weighted by Gasteiger charge is 2.35. The second-order valence-corrected chi connectivity index (χ2v) is 6.33. The number of hydrogen-bond donors (Lipinski definition) is 4. The highest BCUT2D eigenvalue weighted by Crippen LogP contribution is 2.38. The summed E-state index contributed by atoms with van der Waals surface area (Å²) < 4.78 is 0. The predicted octanol–water partition coefficient (Wildman–Crippen LogP) is 1.55. The molecule has 6 nitrogen and oxygen atoms in total. The number of rotatable bonds is 5. The molecule has 6 heteroatoms. The first-order valence-electron chi connectivity index (χ1n) is 8.18. The first kappa shape index (κ1) is 14.8. The van der Waals surface area contributed by atoms with Gasteiger partial charge in [-0.15, -0.1) is 0 Å². The molecule has 1 aromatic rings. The normalized spacial score (nSPS) is 20.0. The van der Waals surface area contributed by atoms with Crippen LogP contribution in [0.1, 0.15) is 18.4 Å². The Hall–Kier alpha value is -2.73. The molecule has 4 N–H and O–H groups in total. The number of carbonyl (C=O) groups excluding carboxylic acids is 1. The number of benzene rings is 1. The van der Waals surface area contributed by atoms with Crippen LogP contribution in [0.4, 0.5) is 0 Å². The van der Waals surface area contributed by atoms with E-state index >= 15 is 0 Å². The van der Waals surface area contributed by atoms with Gasteiger partial charge in [0.2, 0.25) is 0 Å². The third-order valence-corrected chi connectivity index (χ3v) is 4.61. The van der Waals surface area contributed by atoms with Crippen LogP contribution >= 0.6 is 0 Å². The molecule has 124 valence electrons. The van der Waals surface area contributed by atoms with Crippen molar-refractivity contribution >= 4 is 5.91 Å². The molecule has 1 aromatic carbocycles. The summed E-state index contributed by atoms with van der Waals surface area (Å²) in [5.41, 5.74) is 9.17. The Morgan fingerprint density at radius 1 is 1.29 bits per heavy atom. The van der Waals surface area contributed by atoms with Crippen molar-refractivity contribution in [3.63, 3.8) is 0 Å². The lowest BCUT2D eigenvalue weighted by Crippen LogP contribution is -2.50. The number of amides is 1. The Bertz CT molecular complexity index is 735. The smallest absolute Gasteiger partial charge is 0.268 e. The predicted molar refractivity (Wildman–Crippen MR) is 88.9 cm³/mol. The molecule has 4 rings (SSSR count). The van der Waals surface area contributed by atoms with Crippen LogP contribution in [0.3, 0.4) is 0 Å². The van der Waals surface area contributed by atoms with Gasteiger partial charge in [0.05, 0.1) is 5.70 Å². The van der Waals surface area contributed by atoms with Crippen molar-refractivity contribution in [2.75, 3.05) is 0 Å². The summed E-state index contributed by atoms with van der Waals surface area (Å²) in [7, 11) is 0. The zero-order valence-corrected chi connectivity index (χ0v) is 13.2. The van der Waals surface area contributed by atoms with E-state index in [1.165, 1.54) is 18.5 Å². The standard InChI is InChI=1S/C18H20N4O2/c23-18(21-24)16(8-12-4-2-1-3-5-12)22-17-11-19-15(13-6-7-13)9-14(17)10-20-22/h1-5,9-11,13,16,19-20,24H,6-8H2,(H,21,23). The molecule has 1 amide bonds. The summed E-state index contributed by atoms with van der Waals surface area (Å²) in [4.78, 5) is 12.2. The average molecular weight is 324 g/mol. The maximum absolute atomic E-state index is 12.2. The van der Waals surface area contributed by atoms with Crippen molar-refractivity contribution in [1.82, 2.24) is 21.2 Å². The number of fused-ring (bicyclic) bond motifs is 1. The van der Waals surface area contributed by atoms with Gasteiger partial charge in [-0.2, -0.15) is 0 Å². The zero-order valence-electron chi connectivity index (χ0n) is 13.2. The molecule has 2 heterocycles. The number of hydrogen-bond acceptors (Lipinski definition) is 5. The van der Waals surface area contributed by atoms with E-state index in [0.717, 1.165) is 16.8 Å². The first-order valence-corrected chi connectivity index (χ1v) is 8.18. The maximum atomic E-state index is 12.2. The van der Waals surface area contributed by atoms with Gasteiger partial charge in [-0.1, -0.05) is 30.3 Å². The van der Waals surface area contributed by atoms with E-state index in [4.69, 9.17) is 5.21 Å². The van der Waals surface area contributed by atoms with E-state index < -0.39 is 11.9 Å². The molecule has 24 heavy (non-hydrogen) atoms. The highest BCUT2D eigenvalue weighted by molar-refractivity contribution is 5.81. The van der Waals surface area contributed by atoms with E-state index in [9.17, 15) is 4.79 Å². The second-order valence-electron chi connectivity index (χ2n) is 6.33. The van der Waals surface area contributed by atoms with Crippen LogP contribution in [0.25, 0.3) is 0 Å². The molecule has 1 saturated carbocycles. The molecular formula is C18H20N4O2. The molecule has 3 aliphatic rings. The van der Waals surface area contributed by atoms with E-state index in [2.05, 4.69) is 16.8 Å². The van der Waals surface area contributed by atoms with Gasteiger partial charge in [-0.25, -0.2) is 5.48 Å². The van der Waals surface area contributed by atoms with E-state index in [-0.39, 0.29) is 0 Å². The fourth-order valence-corrected chi connectivity index (χ4v) is 3.15. The Morgan fingerprint density at radius 2 is 2.08 bits per heavy atom. The molecule has 0 radical (unpaired) electrons. The fraction of sp³-hybridized carbons (Fsp3) is 0.278. The van der Waals surface area contributed by atoms with Gasteiger partial charge in [0.1, 0.15) is 6.04 Å². The Kier molecular flexibility index (Phi) is 3.74. The largest absolute Gasteiger partial charge is 0.363 e. The topological polar surface area (TPSA) is 76.6 Å². The summed E-state index contributed by atoms with van der Waals surface area (Å²) in [6.45, 7) is 0. The van der Waals surface area contributed by atoms with Gasteiger partial charge in [0, 0.05) is 30.1 Å². The van der Waals surface area contributed by atoms with Gasteiger partial charge in [-0.05, 0) is 30.4 Å². The van der Waals surface area contributed by atoms with E-state index in [1.807, 2.05) is 42.7 Å². The SMILES string of the molecule is O=C(NO)C(Cc1ccccc1)N1NC=C2C=C(C3CC3)NC=C21. The summed E-state index contributed by atoms with van der Waals surface area (Å²) in [5.74, 6) is 0.192. The molecule has 1 fully saturated rings. The number of allylic oxidation sites excluding steroid dienone is 2. The van der Waals surface area contributed by atoms with Crippen LogP contribution in [0.2, 0.25) is 0 Å². The minimum Gasteiger partial charge on any atom is -0.363 e. The summed E-state index contributed by atoms with van der Waals surface area (Å²) >= 11 is 0. The summed E-state index contributed by atoms with van der Waals surface area (Å²) in [6, 6.07) is 9.21. The van der Waals surface area contributed by atoms with Gasteiger partial charge >= 0.3 is 0 Å². The summed E-state index contributed by atoms with van der Waals surface area (Å²) in [5, 5.41) is 14.3. The Labute approximate surface area is 140 Å². The lowest BCUT2D eigenvalue weighted by Gasteiger charge is -2.30. The Balaban J connectivity index is 1.55. The number of hydrazine groups is 1. The van der Waals surface area contributed by atoms with Crippen molar-refractivity contribution < 1.29 is 10.0 Å². The number of dihydropyridines is 1. The third-order valence-electron chi connectivity index (χ3n) is 4.61. The van der Waals surface area contributed by atoms with Crippen LogP contribution in [0, 0.1) is 5.92 Å². The van der Waals surface area contributed by atoms with Crippen molar-refractivity contribution in [1.29, 1.82) is 0 Å². The lowest BCUT2D eigenvalue weighted by molar-refractivity contribution is -0.134. The second kappa shape index (κ2) is 6.05. The van der Waals surface area contributed by atoms with Crippen LogP contribution in [0.5, 0.6) is 0 Å². The number of carbonyl (C=O) groups is 1. The van der Waals surface area contributed by atoms with E-state index in [0.29, 0.717) is 12.3 Å². The molecule has 1 unspecified atom stereocenters. The van der Waals surface area contributed by atoms with E-state index in [1.54, 1.807) is 10.5 Å². The number of hydroxylamine groups is 1. The van der Waals surface area contributed by atoms with Gasteiger partial charge < -0.3 is 10.7 Å². The average Bonchev–Trinajstić information content (AvgIpc) is 3.40. The van der Waals surface area contributed by atoms with Crippen LogP contribution < -0.4 is 16.2 Å². The van der Waals surface area contributed by atoms with Gasteiger partial charge in [0.15, 0.2) is 0 Å². The fourth-order valence-electron chi connectivity index (χ4n) is 3.15. The van der Waals surface area contributed by atoms with Crippen molar-refractivity contribution in [2.24, 2.45) is 5.92 Å². The zero-order chi connectivity index (χ0) is 16.5. The van der Waals surface area contributed by atoms with Crippen molar-refractivity contribution in [2.45, 2.75) is 25.3 Å². The molecule has 0 spiro atoms. The van der Waals surface area contributed by atoms with Crippen LogP contribution in [0.15, 0.2) is 65.8 Å². The molecule has 2 aliphatic heterocycles. The van der Waals surface area contributed by atoms with Crippen LogP contribution in [-0.4, -0.2) is 22.2 Å². The molecule has 0 saturated heterocycles. The monoisotopic (exact) mass is 324 g/mol. The van der Waals surface area contributed by atoms with Crippen molar-refractivity contribution in [3.8, 4) is 0 Å². The molecule has 1 aliphatic carbocycles. The third kappa shape index (κ3) is 2.76. The molecule has 1 atom stereocenters. The quantitative estimate of drug-likeness (QED) is 0.488. The molecule has 0 bridgehead atoms. The maximum Gasteiger partial charge on any atom is 0.268 e. The summed E-state index contributed by atoms with van der Waals surface area (Å²) in [6.07, 6.45) is 8.92. The number of nitrogens with one attached hydrogen (secondary N) is 3. The van der Waals surface area contributed by atoms with Crippen LogP contribution in [-0.2, 0) is 11.2 Å². The van der Waals surface area contributed by atoms with Gasteiger partial charge in [0.25, 0.3) is 5.91 Å². The molecule has 0 aromatic heterocycles.